The van der Waals surface area contributed by atoms with Crippen LogP contribution in [0, 0.1) is 6.92 Å². The van der Waals surface area contributed by atoms with Crippen molar-refractivity contribution in [1.82, 2.24) is 10.7 Å². The average Bonchev–Trinajstić information content (AvgIpc) is 2.85. The van der Waals surface area contributed by atoms with Gasteiger partial charge >= 0.3 is 0 Å². The zero-order valence-corrected chi connectivity index (χ0v) is 20.9. The van der Waals surface area contributed by atoms with Gasteiger partial charge < -0.3 is 10.1 Å². The summed E-state index contributed by atoms with van der Waals surface area (Å²) in [5.74, 6) is -0.311. The van der Waals surface area contributed by atoms with Gasteiger partial charge in [-0.3, -0.25) is 13.9 Å². The molecular formula is C26H28N4O5S. The highest BCUT2D eigenvalue weighted by atomic mass is 32.2. The molecule has 0 fully saturated rings. The molecule has 0 aromatic heterocycles. The lowest BCUT2D eigenvalue weighted by Gasteiger charge is -2.21. The first-order valence-corrected chi connectivity index (χ1v) is 13.0. The number of ether oxygens (including phenoxy) is 1. The van der Waals surface area contributed by atoms with E-state index >= 15 is 0 Å². The lowest BCUT2D eigenvalue weighted by molar-refractivity contribution is -0.123. The molecule has 0 radical (unpaired) electrons. The lowest BCUT2D eigenvalue weighted by atomic mass is 10.2. The van der Waals surface area contributed by atoms with Crippen molar-refractivity contribution < 1.29 is 22.7 Å². The van der Waals surface area contributed by atoms with Gasteiger partial charge in [-0.1, -0.05) is 42.5 Å². The van der Waals surface area contributed by atoms with Crippen LogP contribution in [0.15, 0.2) is 84.0 Å². The van der Waals surface area contributed by atoms with E-state index in [1.165, 1.54) is 6.21 Å². The molecule has 3 aromatic carbocycles. The first-order chi connectivity index (χ1) is 17.2. The highest BCUT2D eigenvalue weighted by molar-refractivity contribution is 7.92. The van der Waals surface area contributed by atoms with E-state index in [2.05, 4.69) is 15.8 Å². The van der Waals surface area contributed by atoms with Crippen LogP contribution in [0.2, 0.25) is 0 Å². The fraction of sp³-hybridized carbons (Fsp3) is 0.192. The highest BCUT2D eigenvalue weighted by Crippen LogP contribution is 2.18. The van der Waals surface area contributed by atoms with E-state index in [0.717, 1.165) is 21.7 Å². The molecule has 3 aromatic rings. The fourth-order valence-electron chi connectivity index (χ4n) is 3.17. The maximum absolute atomic E-state index is 12.3. The molecule has 0 atom stereocenters. The first kappa shape index (κ1) is 26.4. The summed E-state index contributed by atoms with van der Waals surface area (Å²) >= 11 is 0. The Labute approximate surface area is 210 Å². The second-order valence-corrected chi connectivity index (χ2v) is 9.93. The third-order valence-corrected chi connectivity index (χ3v) is 6.10. The van der Waals surface area contributed by atoms with Gasteiger partial charge in [-0.15, -0.1) is 0 Å². The van der Waals surface area contributed by atoms with Crippen LogP contribution in [0.25, 0.3) is 0 Å². The maximum atomic E-state index is 12.3. The number of carbonyl (C=O) groups is 2. The molecule has 0 aliphatic carbocycles. The summed E-state index contributed by atoms with van der Waals surface area (Å²) in [7, 11) is -3.66. The minimum absolute atomic E-state index is 0.117. The highest BCUT2D eigenvalue weighted by Gasteiger charge is 2.20. The topological polar surface area (TPSA) is 117 Å². The molecule has 0 bridgehead atoms. The SMILES string of the molecule is Cc1cccc(N(CC(=O)N/N=C\c2ccc(OCC(=O)NCc3ccccc3)cc2)S(C)(=O)=O)c1. The van der Waals surface area contributed by atoms with Crippen LogP contribution in [-0.2, 0) is 26.2 Å². The number of benzene rings is 3. The molecule has 2 amide bonds. The third-order valence-electron chi connectivity index (χ3n) is 4.96. The molecule has 3 rings (SSSR count). The number of rotatable bonds is 11. The molecule has 0 aliphatic rings. The minimum atomic E-state index is -3.66. The molecule has 0 saturated heterocycles. The number of nitrogens with one attached hydrogen (secondary N) is 2. The lowest BCUT2D eigenvalue weighted by Crippen LogP contribution is -2.39. The van der Waals surface area contributed by atoms with E-state index in [4.69, 9.17) is 4.74 Å². The first-order valence-electron chi connectivity index (χ1n) is 11.1. The zero-order chi connectivity index (χ0) is 26.0. The van der Waals surface area contributed by atoms with Gasteiger partial charge in [-0.25, -0.2) is 13.8 Å². The molecule has 9 nitrogen and oxygen atoms in total. The second-order valence-electron chi connectivity index (χ2n) is 8.02. The predicted molar refractivity (Wildman–Crippen MR) is 139 cm³/mol. The Morgan fingerprint density at radius 2 is 1.69 bits per heavy atom. The smallest absolute Gasteiger partial charge is 0.260 e. The number of amides is 2. The summed E-state index contributed by atoms with van der Waals surface area (Å²) in [6.45, 7) is 1.75. The van der Waals surface area contributed by atoms with E-state index in [9.17, 15) is 18.0 Å². The van der Waals surface area contributed by atoms with Gasteiger partial charge in [0.25, 0.3) is 11.8 Å². The Kier molecular flexibility index (Phi) is 9.18. The summed E-state index contributed by atoms with van der Waals surface area (Å²) in [6.07, 6.45) is 2.47. The summed E-state index contributed by atoms with van der Waals surface area (Å²) in [5, 5.41) is 6.68. The van der Waals surface area contributed by atoms with E-state index in [1.54, 1.807) is 42.5 Å². The van der Waals surface area contributed by atoms with E-state index in [-0.39, 0.29) is 12.5 Å². The van der Waals surface area contributed by atoms with Gasteiger partial charge in [0.15, 0.2) is 6.61 Å². The Hall–Kier alpha value is -4.18. The van der Waals surface area contributed by atoms with Crippen LogP contribution in [0.1, 0.15) is 16.7 Å². The molecule has 0 aliphatic heterocycles. The quantitative estimate of drug-likeness (QED) is 0.305. The van der Waals surface area contributed by atoms with Crippen molar-refractivity contribution in [2.45, 2.75) is 13.5 Å². The predicted octanol–water partition coefficient (Wildman–Crippen LogP) is 2.61. The van der Waals surface area contributed by atoms with Gasteiger partial charge in [0, 0.05) is 6.54 Å². The number of hydrogen-bond acceptors (Lipinski definition) is 6. The molecule has 188 valence electrons. The summed E-state index contributed by atoms with van der Waals surface area (Å²) in [5.41, 5.74) is 5.30. The van der Waals surface area contributed by atoms with Crippen molar-refractivity contribution in [2.75, 3.05) is 23.7 Å². The van der Waals surface area contributed by atoms with Crippen molar-refractivity contribution in [2.24, 2.45) is 5.10 Å². The normalized spacial score (nSPS) is 11.2. The number of anilines is 1. The Morgan fingerprint density at radius 1 is 0.972 bits per heavy atom. The molecule has 0 unspecified atom stereocenters. The van der Waals surface area contributed by atoms with Crippen molar-refractivity contribution >= 4 is 33.7 Å². The fourth-order valence-corrected chi connectivity index (χ4v) is 4.02. The van der Waals surface area contributed by atoms with Crippen LogP contribution >= 0.6 is 0 Å². The van der Waals surface area contributed by atoms with E-state index in [0.29, 0.717) is 23.5 Å². The Morgan fingerprint density at radius 3 is 2.36 bits per heavy atom. The Balaban J connectivity index is 1.46. The number of aryl methyl sites for hydroxylation is 1. The molecule has 2 N–H and O–H groups in total. The van der Waals surface area contributed by atoms with E-state index in [1.807, 2.05) is 43.3 Å². The van der Waals surface area contributed by atoms with Crippen molar-refractivity contribution in [1.29, 1.82) is 0 Å². The Bertz CT molecular complexity index is 1310. The number of hydrazone groups is 1. The number of sulfonamides is 1. The van der Waals surface area contributed by atoms with Crippen LogP contribution in [0.4, 0.5) is 5.69 Å². The average molecular weight is 509 g/mol. The van der Waals surface area contributed by atoms with Crippen molar-refractivity contribution in [3.05, 3.63) is 95.6 Å². The number of nitrogens with zero attached hydrogens (tertiary/aromatic N) is 2. The van der Waals surface area contributed by atoms with Gasteiger partial charge in [-0.2, -0.15) is 5.10 Å². The largest absolute Gasteiger partial charge is 0.484 e. The van der Waals surface area contributed by atoms with E-state index < -0.39 is 22.5 Å². The maximum Gasteiger partial charge on any atom is 0.260 e. The van der Waals surface area contributed by atoms with Crippen molar-refractivity contribution in [3.8, 4) is 5.75 Å². The summed E-state index contributed by atoms with van der Waals surface area (Å²) < 4.78 is 30.9. The minimum Gasteiger partial charge on any atom is -0.484 e. The molecule has 0 saturated carbocycles. The third kappa shape index (κ3) is 8.55. The summed E-state index contributed by atoms with van der Waals surface area (Å²) in [6, 6.07) is 23.2. The van der Waals surface area contributed by atoms with Crippen LogP contribution in [0.3, 0.4) is 0 Å². The monoisotopic (exact) mass is 508 g/mol. The standard InChI is InChI=1S/C26H28N4O5S/c1-20-7-6-10-23(15-20)30(36(2,33)34)18-25(31)29-28-17-22-11-13-24(14-12-22)35-19-26(32)27-16-21-8-4-3-5-9-21/h3-15,17H,16,18-19H2,1-2H3,(H,27,32)(H,29,31)/b28-17-. The number of carbonyl (C=O) groups excluding carboxylic acids is 2. The second kappa shape index (κ2) is 12.5. The van der Waals surface area contributed by atoms with Gasteiger partial charge in [-0.05, 0) is 60.0 Å². The van der Waals surface area contributed by atoms with Crippen molar-refractivity contribution in [3.63, 3.8) is 0 Å². The van der Waals surface area contributed by atoms with Crippen LogP contribution < -0.4 is 19.8 Å². The van der Waals surface area contributed by atoms with Crippen LogP contribution in [0.5, 0.6) is 5.75 Å². The number of hydrogen-bond donors (Lipinski definition) is 2. The van der Waals surface area contributed by atoms with Gasteiger partial charge in [0.2, 0.25) is 10.0 Å². The molecule has 0 heterocycles. The van der Waals surface area contributed by atoms with Gasteiger partial charge in [0.1, 0.15) is 12.3 Å². The molecule has 36 heavy (non-hydrogen) atoms. The molecule has 10 heteroatoms. The summed E-state index contributed by atoms with van der Waals surface area (Å²) in [4.78, 5) is 24.3. The zero-order valence-electron chi connectivity index (χ0n) is 20.0. The van der Waals surface area contributed by atoms with Crippen LogP contribution in [-0.4, -0.2) is 45.9 Å². The molecule has 0 spiro atoms. The van der Waals surface area contributed by atoms with Gasteiger partial charge in [0.05, 0.1) is 18.2 Å². The molecular weight excluding hydrogens is 480 g/mol.